The average molecular weight is 568 g/mol. The number of benzene rings is 3. The maximum atomic E-state index is 14.1. The largest absolute Gasteiger partial charge is 0.497 e. The molecule has 214 valence electrons. The van der Waals surface area contributed by atoms with Crippen molar-refractivity contribution < 1.29 is 27.5 Å². The minimum Gasteiger partial charge on any atom is -0.497 e. The highest BCUT2D eigenvalue weighted by Gasteiger charge is 2.33. The van der Waals surface area contributed by atoms with Crippen molar-refractivity contribution in [2.45, 2.75) is 38.9 Å². The van der Waals surface area contributed by atoms with E-state index in [2.05, 4.69) is 5.32 Å². The molecule has 0 spiro atoms. The van der Waals surface area contributed by atoms with Crippen LogP contribution < -0.4 is 19.1 Å². The molecule has 0 aliphatic rings. The Hall–Kier alpha value is -4.05. The molecule has 0 saturated carbocycles. The van der Waals surface area contributed by atoms with Gasteiger partial charge in [0.25, 0.3) is 0 Å². The first-order chi connectivity index (χ1) is 19.0. The summed E-state index contributed by atoms with van der Waals surface area (Å²) in [7, 11) is -0.841. The topological polar surface area (TPSA) is 105 Å². The van der Waals surface area contributed by atoms with Crippen LogP contribution in [0.1, 0.15) is 25.0 Å². The summed E-state index contributed by atoms with van der Waals surface area (Å²) in [5.41, 5.74) is 1.88. The van der Waals surface area contributed by atoms with Crippen LogP contribution in [0.25, 0.3) is 0 Å². The van der Waals surface area contributed by atoms with Gasteiger partial charge in [0, 0.05) is 25.1 Å². The number of sulfonamides is 1. The van der Waals surface area contributed by atoms with E-state index in [1.165, 1.54) is 12.0 Å². The van der Waals surface area contributed by atoms with Crippen LogP contribution in [0.3, 0.4) is 0 Å². The molecule has 2 amide bonds. The summed E-state index contributed by atoms with van der Waals surface area (Å²) in [5.74, 6) is 0.189. The highest BCUT2D eigenvalue weighted by Crippen LogP contribution is 2.24. The van der Waals surface area contributed by atoms with Crippen molar-refractivity contribution >= 4 is 27.5 Å². The van der Waals surface area contributed by atoms with Gasteiger partial charge in [-0.3, -0.25) is 13.9 Å². The number of ether oxygens (including phenoxy) is 2. The Balaban J connectivity index is 2.07. The van der Waals surface area contributed by atoms with E-state index >= 15 is 0 Å². The van der Waals surface area contributed by atoms with Crippen molar-refractivity contribution in [1.82, 2.24) is 10.2 Å². The number of methoxy groups -OCH3 is 2. The van der Waals surface area contributed by atoms with Crippen molar-refractivity contribution in [3.63, 3.8) is 0 Å². The molecule has 1 N–H and O–H groups in total. The van der Waals surface area contributed by atoms with E-state index in [0.717, 1.165) is 21.7 Å². The summed E-state index contributed by atoms with van der Waals surface area (Å²) < 4.78 is 37.4. The van der Waals surface area contributed by atoms with Gasteiger partial charge in [-0.1, -0.05) is 48.5 Å². The number of hydrogen-bond donors (Lipinski definition) is 1. The normalized spacial score (nSPS) is 11.9. The lowest BCUT2D eigenvalue weighted by atomic mass is 10.0. The van der Waals surface area contributed by atoms with E-state index in [1.807, 2.05) is 50.2 Å². The number of rotatable bonds is 13. The van der Waals surface area contributed by atoms with Gasteiger partial charge in [-0.25, -0.2) is 8.42 Å². The van der Waals surface area contributed by atoms with Crippen LogP contribution in [0, 0.1) is 0 Å². The average Bonchev–Trinajstić information content (AvgIpc) is 2.93. The molecule has 0 unspecified atom stereocenters. The van der Waals surface area contributed by atoms with Crippen LogP contribution in [0.2, 0.25) is 0 Å². The lowest BCUT2D eigenvalue weighted by Crippen LogP contribution is -2.54. The summed E-state index contributed by atoms with van der Waals surface area (Å²) in [5, 5.41) is 2.93. The molecule has 0 saturated heterocycles. The van der Waals surface area contributed by atoms with Crippen LogP contribution in [-0.4, -0.2) is 64.2 Å². The summed E-state index contributed by atoms with van der Waals surface area (Å²) in [4.78, 5) is 29.1. The Morgan fingerprint density at radius 2 is 1.45 bits per heavy atom. The molecule has 3 rings (SSSR count). The minimum atomic E-state index is -3.87. The van der Waals surface area contributed by atoms with Gasteiger partial charge in [-0.15, -0.1) is 0 Å². The molecule has 40 heavy (non-hydrogen) atoms. The Bertz CT molecular complexity index is 1400. The van der Waals surface area contributed by atoms with Crippen LogP contribution in [0.15, 0.2) is 78.9 Å². The van der Waals surface area contributed by atoms with E-state index < -0.39 is 28.5 Å². The number of nitrogens with one attached hydrogen (secondary N) is 1. The van der Waals surface area contributed by atoms with Gasteiger partial charge in [-0.2, -0.15) is 0 Å². The maximum absolute atomic E-state index is 14.1. The van der Waals surface area contributed by atoms with Gasteiger partial charge < -0.3 is 19.7 Å². The molecule has 0 aromatic heterocycles. The van der Waals surface area contributed by atoms with Crippen LogP contribution >= 0.6 is 0 Å². The predicted octanol–water partition coefficient (Wildman–Crippen LogP) is 3.63. The zero-order chi connectivity index (χ0) is 29.3. The van der Waals surface area contributed by atoms with E-state index in [1.54, 1.807) is 49.6 Å². The number of carbonyl (C=O) groups is 2. The molecule has 0 radical (unpaired) electrons. The zero-order valence-corrected chi connectivity index (χ0v) is 24.4. The summed E-state index contributed by atoms with van der Waals surface area (Å²) >= 11 is 0. The first-order valence-electron chi connectivity index (χ1n) is 12.9. The summed E-state index contributed by atoms with van der Waals surface area (Å²) in [6.45, 7) is 3.25. The van der Waals surface area contributed by atoms with E-state index in [-0.39, 0.29) is 30.6 Å². The minimum absolute atomic E-state index is 0.0642. The monoisotopic (exact) mass is 567 g/mol. The lowest BCUT2D eigenvalue weighted by molar-refractivity contribution is -0.140. The van der Waals surface area contributed by atoms with Crippen molar-refractivity contribution in [1.29, 1.82) is 0 Å². The van der Waals surface area contributed by atoms with Gasteiger partial charge in [0.15, 0.2) is 0 Å². The van der Waals surface area contributed by atoms with Gasteiger partial charge in [-0.05, 0) is 49.2 Å². The quantitative estimate of drug-likeness (QED) is 0.338. The Labute approximate surface area is 236 Å². The molecule has 3 aromatic rings. The second-order valence-corrected chi connectivity index (χ2v) is 11.6. The molecule has 1 atom stereocenters. The standard InChI is InChI=1S/C30H37N3O6S/c1-22(2)31-30(35)28(18-23-11-7-6-8-12-23)32(20-24-13-9-15-26(17-24)38-3)29(34)21-33(40(5,36)37)25-14-10-16-27(19-25)39-4/h6-17,19,22,28H,18,20-21H2,1-5H3,(H,31,35)/t28-/m0/s1. The fourth-order valence-electron chi connectivity index (χ4n) is 4.28. The second-order valence-electron chi connectivity index (χ2n) is 9.71. The van der Waals surface area contributed by atoms with Crippen molar-refractivity contribution in [2.24, 2.45) is 0 Å². The van der Waals surface area contributed by atoms with Gasteiger partial charge in [0.2, 0.25) is 21.8 Å². The first kappa shape index (κ1) is 30.5. The van der Waals surface area contributed by atoms with Gasteiger partial charge in [0.05, 0.1) is 26.2 Å². The summed E-state index contributed by atoms with van der Waals surface area (Å²) in [6, 6.07) is 22.0. The number of nitrogens with zero attached hydrogens (tertiary/aromatic N) is 2. The number of carbonyl (C=O) groups excluding carboxylic acids is 2. The fraction of sp³-hybridized carbons (Fsp3) is 0.333. The predicted molar refractivity (Wildman–Crippen MR) is 156 cm³/mol. The second kappa shape index (κ2) is 13.8. The van der Waals surface area contributed by atoms with Crippen molar-refractivity contribution in [3.8, 4) is 11.5 Å². The third-order valence-electron chi connectivity index (χ3n) is 6.21. The molecular weight excluding hydrogens is 530 g/mol. The SMILES string of the molecule is COc1cccc(CN(C(=O)CN(c2cccc(OC)c2)S(C)(=O)=O)[C@@H](Cc2ccccc2)C(=O)NC(C)C)c1. The third kappa shape index (κ3) is 8.47. The smallest absolute Gasteiger partial charge is 0.244 e. The number of amides is 2. The van der Waals surface area contributed by atoms with Crippen molar-refractivity contribution in [2.75, 3.05) is 31.3 Å². The Morgan fingerprint density at radius 1 is 0.850 bits per heavy atom. The fourth-order valence-corrected chi connectivity index (χ4v) is 5.12. The molecule has 0 heterocycles. The van der Waals surface area contributed by atoms with Crippen LogP contribution in [-0.2, 0) is 32.6 Å². The molecule has 9 nitrogen and oxygen atoms in total. The molecule has 3 aromatic carbocycles. The summed E-state index contributed by atoms with van der Waals surface area (Å²) in [6.07, 6.45) is 1.28. The molecule has 0 aliphatic carbocycles. The third-order valence-corrected chi connectivity index (χ3v) is 7.35. The molecular formula is C30H37N3O6S. The molecule has 0 fully saturated rings. The van der Waals surface area contributed by atoms with Crippen LogP contribution in [0.5, 0.6) is 11.5 Å². The first-order valence-corrected chi connectivity index (χ1v) is 14.7. The zero-order valence-electron chi connectivity index (χ0n) is 23.5. The van der Waals surface area contributed by atoms with E-state index in [4.69, 9.17) is 9.47 Å². The van der Waals surface area contributed by atoms with E-state index in [9.17, 15) is 18.0 Å². The van der Waals surface area contributed by atoms with Gasteiger partial charge >= 0.3 is 0 Å². The number of hydrogen-bond acceptors (Lipinski definition) is 6. The highest BCUT2D eigenvalue weighted by molar-refractivity contribution is 7.92. The lowest BCUT2D eigenvalue weighted by Gasteiger charge is -2.34. The Morgan fingerprint density at radius 3 is 2.05 bits per heavy atom. The van der Waals surface area contributed by atoms with Gasteiger partial charge in [0.1, 0.15) is 24.1 Å². The van der Waals surface area contributed by atoms with E-state index in [0.29, 0.717) is 11.5 Å². The molecule has 0 bridgehead atoms. The number of anilines is 1. The molecule has 10 heteroatoms. The van der Waals surface area contributed by atoms with Crippen molar-refractivity contribution in [3.05, 3.63) is 90.0 Å². The highest BCUT2D eigenvalue weighted by atomic mass is 32.2. The maximum Gasteiger partial charge on any atom is 0.244 e. The Kier molecular flexibility index (Phi) is 10.6. The van der Waals surface area contributed by atoms with Crippen LogP contribution in [0.4, 0.5) is 5.69 Å². The molecule has 0 aliphatic heterocycles.